The maximum Gasteiger partial charge on any atom is 0.331 e. The van der Waals surface area contributed by atoms with E-state index in [1.807, 2.05) is 0 Å². The molecule has 0 saturated carbocycles. The second kappa shape index (κ2) is 5.96. The summed E-state index contributed by atoms with van der Waals surface area (Å²) in [6.07, 6.45) is 5.76. The summed E-state index contributed by atoms with van der Waals surface area (Å²) in [6, 6.07) is 0. The average molecular weight is 156 g/mol. The molecule has 0 aliphatic heterocycles. The van der Waals surface area contributed by atoms with Crippen LogP contribution in [0.1, 0.15) is 39.5 Å². The summed E-state index contributed by atoms with van der Waals surface area (Å²) in [5, 5.41) is 8.34. The highest BCUT2D eigenvalue weighted by Crippen LogP contribution is 2.16. The Morgan fingerprint density at radius 2 is 2.18 bits per heavy atom. The monoisotopic (exact) mass is 156 g/mol. The van der Waals surface area contributed by atoms with Gasteiger partial charge in [-0.15, -0.1) is 0 Å². The lowest BCUT2D eigenvalue weighted by Crippen LogP contribution is -1.95. The Morgan fingerprint density at radius 1 is 1.64 bits per heavy atom. The van der Waals surface area contributed by atoms with E-state index in [-0.39, 0.29) is 0 Å². The van der Waals surface area contributed by atoms with Gasteiger partial charge >= 0.3 is 5.97 Å². The highest BCUT2D eigenvalue weighted by molar-refractivity contribution is 5.86. The van der Waals surface area contributed by atoms with E-state index in [1.165, 1.54) is 6.42 Å². The first-order valence-electron chi connectivity index (χ1n) is 4.14. The topological polar surface area (TPSA) is 37.3 Å². The smallest absolute Gasteiger partial charge is 0.331 e. The number of carbonyl (C=O) groups is 1. The molecule has 0 spiro atoms. The number of rotatable bonds is 1. The largest absolute Gasteiger partial charge is 0.478 e. The summed E-state index contributed by atoms with van der Waals surface area (Å²) in [6.45, 7) is 4.25. The maximum atomic E-state index is 10.1. The molecule has 0 fully saturated rings. The van der Waals surface area contributed by atoms with Gasteiger partial charge in [0.1, 0.15) is 0 Å². The lowest BCUT2D eigenvalue weighted by molar-refractivity contribution is -0.132. The zero-order chi connectivity index (χ0) is 8.69. The van der Waals surface area contributed by atoms with Crippen LogP contribution in [0.4, 0.5) is 0 Å². The lowest BCUT2D eigenvalue weighted by atomic mass is 10.2. The van der Waals surface area contributed by atoms with Gasteiger partial charge in [-0.25, -0.2) is 4.79 Å². The van der Waals surface area contributed by atoms with Crippen molar-refractivity contribution in [3.8, 4) is 0 Å². The van der Waals surface area contributed by atoms with Gasteiger partial charge in [0.15, 0.2) is 0 Å². The minimum absolute atomic E-state index is 0.588. The fourth-order valence-electron chi connectivity index (χ4n) is 0.865. The third-order valence-corrected chi connectivity index (χ3v) is 1.32. The highest BCUT2D eigenvalue weighted by atomic mass is 16.4. The van der Waals surface area contributed by atoms with Gasteiger partial charge in [0.2, 0.25) is 0 Å². The van der Waals surface area contributed by atoms with Gasteiger partial charge in [0.05, 0.1) is 0 Å². The molecule has 1 aliphatic rings. The quantitative estimate of drug-likeness (QED) is 0.633. The second-order valence-corrected chi connectivity index (χ2v) is 2.63. The summed E-state index contributed by atoms with van der Waals surface area (Å²) in [4.78, 5) is 10.1. The zero-order valence-corrected chi connectivity index (χ0v) is 7.26. The molecule has 1 aliphatic carbocycles. The van der Waals surface area contributed by atoms with Crippen LogP contribution in [0, 0.1) is 0 Å². The summed E-state index contributed by atoms with van der Waals surface area (Å²) >= 11 is 0. The van der Waals surface area contributed by atoms with Crippen molar-refractivity contribution >= 4 is 5.97 Å². The highest BCUT2D eigenvalue weighted by Gasteiger charge is 2.09. The van der Waals surface area contributed by atoms with Crippen LogP contribution in [0.5, 0.6) is 0 Å². The minimum atomic E-state index is -0.748. The molecule has 2 heteroatoms. The molecular weight excluding hydrogens is 140 g/mol. The lowest BCUT2D eigenvalue weighted by Gasteiger charge is -1.87. The molecule has 1 N–H and O–H groups in total. The molecule has 1 rings (SSSR count). The maximum absolute atomic E-state index is 10.1. The Balaban J connectivity index is 0.000000292. The Morgan fingerprint density at radius 3 is 2.36 bits per heavy atom. The molecule has 0 amide bonds. The third kappa shape index (κ3) is 4.59. The molecule has 11 heavy (non-hydrogen) atoms. The number of hydrogen-bond acceptors (Lipinski definition) is 1. The van der Waals surface area contributed by atoms with Crippen molar-refractivity contribution in [1.82, 2.24) is 0 Å². The van der Waals surface area contributed by atoms with Crippen molar-refractivity contribution in [3.05, 3.63) is 11.6 Å². The van der Waals surface area contributed by atoms with E-state index in [4.69, 9.17) is 5.11 Å². The average Bonchev–Trinajstić information content (AvgIpc) is 2.38. The predicted molar refractivity (Wildman–Crippen MR) is 45.5 cm³/mol. The Bertz CT molecular complexity index is 148. The number of carboxylic acid groups (broad SMARTS) is 1. The summed E-state index contributed by atoms with van der Waals surface area (Å²) in [5.74, 6) is -0.748. The van der Waals surface area contributed by atoms with Crippen LogP contribution in [0.25, 0.3) is 0 Å². The first kappa shape index (κ1) is 10.2. The van der Waals surface area contributed by atoms with E-state index >= 15 is 0 Å². The van der Waals surface area contributed by atoms with Gasteiger partial charge in [0.25, 0.3) is 0 Å². The van der Waals surface area contributed by atoms with Crippen molar-refractivity contribution < 1.29 is 9.90 Å². The molecule has 0 aromatic heterocycles. The Kier molecular flexibility index (Phi) is 5.53. The van der Waals surface area contributed by atoms with Crippen LogP contribution in [0.3, 0.4) is 0 Å². The fourth-order valence-corrected chi connectivity index (χ4v) is 0.865. The van der Waals surface area contributed by atoms with E-state index in [9.17, 15) is 4.79 Å². The van der Waals surface area contributed by atoms with Gasteiger partial charge in [-0.3, -0.25) is 0 Å². The summed E-state index contributed by atoms with van der Waals surface area (Å²) in [5.41, 5.74) is 0.588. The van der Waals surface area contributed by atoms with Crippen molar-refractivity contribution in [2.24, 2.45) is 0 Å². The van der Waals surface area contributed by atoms with Crippen LogP contribution >= 0.6 is 0 Å². The first-order chi connectivity index (χ1) is 5.22. The standard InChI is InChI=1S/C6H8O2.C3H8/c7-6(8)5-3-1-2-4-5;1-3-2/h3H,1-2,4H2,(H,7,8);3H2,1-2H3. The van der Waals surface area contributed by atoms with E-state index in [2.05, 4.69) is 13.8 Å². The van der Waals surface area contributed by atoms with Crippen molar-refractivity contribution in [2.75, 3.05) is 0 Å². The molecule has 2 nitrogen and oxygen atoms in total. The predicted octanol–water partition coefficient (Wildman–Crippen LogP) is 2.60. The number of allylic oxidation sites excluding steroid dienone is 1. The van der Waals surface area contributed by atoms with Gasteiger partial charge in [-0.1, -0.05) is 26.3 Å². The molecule has 0 aromatic rings. The van der Waals surface area contributed by atoms with E-state index in [0.29, 0.717) is 5.57 Å². The molecule has 0 radical (unpaired) electrons. The van der Waals surface area contributed by atoms with E-state index in [1.54, 1.807) is 6.08 Å². The van der Waals surface area contributed by atoms with Crippen molar-refractivity contribution in [3.63, 3.8) is 0 Å². The normalized spacial score (nSPS) is 14.9. The molecule has 0 saturated heterocycles. The fraction of sp³-hybridized carbons (Fsp3) is 0.667. The van der Waals surface area contributed by atoms with Gasteiger partial charge in [0, 0.05) is 5.57 Å². The molecule has 0 atom stereocenters. The van der Waals surface area contributed by atoms with Crippen molar-refractivity contribution in [1.29, 1.82) is 0 Å². The first-order valence-corrected chi connectivity index (χ1v) is 4.14. The van der Waals surface area contributed by atoms with Crippen LogP contribution < -0.4 is 0 Å². The van der Waals surface area contributed by atoms with Crippen LogP contribution in [0.2, 0.25) is 0 Å². The van der Waals surface area contributed by atoms with Crippen molar-refractivity contribution in [2.45, 2.75) is 39.5 Å². The number of hydrogen-bond donors (Lipinski definition) is 1. The third-order valence-electron chi connectivity index (χ3n) is 1.32. The molecule has 0 unspecified atom stereocenters. The SMILES string of the molecule is CCC.O=C(O)C1=CCCC1. The Hall–Kier alpha value is -0.790. The molecule has 64 valence electrons. The van der Waals surface area contributed by atoms with E-state index < -0.39 is 5.97 Å². The molecule has 0 bridgehead atoms. The van der Waals surface area contributed by atoms with E-state index in [0.717, 1.165) is 19.3 Å². The zero-order valence-electron chi connectivity index (χ0n) is 7.26. The Labute approximate surface area is 67.9 Å². The number of aliphatic carboxylic acids is 1. The second-order valence-electron chi connectivity index (χ2n) is 2.63. The molecular formula is C9H16O2. The number of carboxylic acids is 1. The summed E-state index contributed by atoms with van der Waals surface area (Å²) in [7, 11) is 0. The minimum Gasteiger partial charge on any atom is -0.478 e. The molecule has 0 heterocycles. The van der Waals surface area contributed by atoms with Gasteiger partial charge in [-0.2, -0.15) is 0 Å². The summed E-state index contributed by atoms with van der Waals surface area (Å²) < 4.78 is 0. The van der Waals surface area contributed by atoms with Crippen LogP contribution in [-0.2, 0) is 4.79 Å². The van der Waals surface area contributed by atoms with Gasteiger partial charge in [-0.05, 0) is 19.3 Å². The van der Waals surface area contributed by atoms with Gasteiger partial charge < -0.3 is 5.11 Å². The van der Waals surface area contributed by atoms with Crippen LogP contribution in [0.15, 0.2) is 11.6 Å². The molecule has 0 aromatic carbocycles. The van der Waals surface area contributed by atoms with Crippen LogP contribution in [-0.4, -0.2) is 11.1 Å².